The summed E-state index contributed by atoms with van der Waals surface area (Å²) in [5, 5.41) is 0. The Balaban J connectivity index is 1.09. The van der Waals surface area contributed by atoms with E-state index in [1.54, 1.807) is 0 Å². The van der Waals surface area contributed by atoms with Crippen LogP contribution in [0.3, 0.4) is 0 Å². The first-order valence-corrected chi connectivity index (χ1v) is 19.2. The molecule has 0 spiro atoms. The number of ether oxygens (including phenoxy) is 2. The maximum absolute atomic E-state index is 13.3. The molecular formula is C51H46N2O3. The predicted octanol–water partition coefficient (Wildman–Crippen LogP) is 12.6. The Morgan fingerprint density at radius 1 is 0.625 bits per heavy atom. The summed E-state index contributed by atoms with van der Waals surface area (Å²) in [6.07, 6.45) is 7.28. The number of carbonyl (C=O) groups is 1. The molecule has 1 unspecified atom stereocenters. The monoisotopic (exact) mass is 734 g/mol. The first-order chi connectivity index (χ1) is 27.3. The van der Waals surface area contributed by atoms with E-state index >= 15 is 0 Å². The lowest BCUT2D eigenvalue weighted by molar-refractivity contribution is 0.103. The van der Waals surface area contributed by atoms with Crippen LogP contribution >= 0.6 is 0 Å². The van der Waals surface area contributed by atoms with Crippen LogP contribution in [0.4, 0.5) is 22.7 Å². The first-order valence-electron chi connectivity index (χ1n) is 19.2. The van der Waals surface area contributed by atoms with Crippen LogP contribution < -0.4 is 19.3 Å². The fourth-order valence-corrected chi connectivity index (χ4v) is 6.65. The Morgan fingerprint density at radius 2 is 1.12 bits per heavy atom. The molecule has 6 aromatic carbocycles. The zero-order chi connectivity index (χ0) is 38.9. The van der Waals surface area contributed by atoms with Gasteiger partial charge in [-0.2, -0.15) is 0 Å². The molecule has 0 bridgehead atoms. The molecule has 0 aromatic heterocycles. The number of nitrogens with zero attached hydrogens (tertiary/aromatic N) is 2. The molecule has 0 fully saturated rings. The van der Waals surface area contributed by atoms with Gasteiger partial charge in [0.2, 0.25) is 0 Å². The molecule has 56 heavy (non-hydrogen) atoms. The van der Waals surface area contributed by atoms with Gasteiger partial charge in [-0.25, -0.2) is 0 Å². The van der Waals surface area contributed by atoms with Gasteiger partial charge in [-0.15, -0.1) is 0 Å². The molecular weight excluding hydrogens is 689 g/mol. The van der Waals surface area contributed by atoms with Gasteiger partial charge in [0.05, 0.1) is 12.3 Å². The van der Waals surface area contributed by atoms with Crippen molar-refractivity contribution in [1.82, 2.24) is 0 Å². The van der Waals surface area contributed by atoms with E-state index in [1.165, 1.54) is 5.56 Å². The number of allylic oxidation sites excluding steroid dienone is 2. The molecule has 7 rings (SSSR count). The van der Waals surface area contributed by atoms with Crippen molar-refractivity contribution >= 4 is 28.5 Å². The molecule has 0 amide bonds. The molecule has 0 aliphatic heterocycles. The van der Waals surface area contributed by atoms with Gasteiger partial charge in [-0.05, 0) is 134 Å². The van der Waals surface area contributed by atoms with E-state index in [9.17, 15) is 4.79 Å². The van der Waals surface area contributed by atoms with Crippen LogP contribution in [0.15, 0.2) is 182 Å². The van der Waals surface area contributed by atoms with Gasteiger partial charge in [-0.1, -0.05) is 93.3 Å². The van der Waals surface area contributed by atoms with Crippen molar-refractivity contribution in [2.24, 2.45) is 0 Å². The molecule has 5 nitrogen and oxygen atoms in total. The van der Waals surface area contributed by atoms with Gasteiger partial charge in [0.15, 0.2) is 5.78 Å². The van der Waals surface area contributed by atoms with Crippen LogP contribution in [0.1, 0.15) is 55.6 Å². The quantitative estimate of drug-likeness (QED) is 0.0823. The molecule has 0 saturated heterocycles. The third kappa shape index (κ3) is 8.62. The fourth-order valence-electron chi connectivity index (χ4n) is 6.65. The van der Waals surface area contributed by atoms with Crippen molar-refractivity contribution in [3.63, 3.8) is 0 Å². The predicted molar refractivity (Wildman–Crippen MR) is 230 cm³/mol. The summed E-state index contributed by atoms with van der Waals surface area (Å²) in [7, 11) is 0. The van der Waals surface area contributed by atoms with Gasteiger partial charge in [0.25, 0.3) is 0 Å². The lowest BCUT2D eigenvalue weighted by atomic mass is 9.82. The van der Waals surface area contributed by atoms with E-state index in [-0.39, 0.29) is 17.2 Å². The third-order valence-corrected chi connectivity index (χ3v) is 10.2. The van der Waals surface area contributed by atoms with Crippen LogP contribution in [-0.2, 0) is 5.41 Å². The maximum atomic E-state index is 13.3. The standard InChI is InChI=1S/C51H46N2O3/c1-5-51(3,4)40-24-20-38(21-25-40)50(54)39-22-32-48(33-23-39)56-49-36-30-46(31-37-49)53(42-16-11-8-12-17-42)44-19-13-18-43(26-27-44)52(41-14-9-7-10-15-41)45-28-34-47(35-29-45)55-6-2/h7-12,14-17,19-37,43H,5-6H2,1-4H3. The summed E-state index contributed by atoms with van der Waals surface area (Å²) in [6.45, 7) is 9.23. The van der Waals surface area contributed by atoms with E-state index in [0.717, 1.165) is 40.6 Å². The number of carbonyl (C=O) groups excluding carboxylic acids is 1. The third-order valence-electron chi connectivity index (χ3n) is 10.2. The van der Waals surface area contributed by atoms with E-state index in [4.69, 9.17) is 9.47 Å². The van der Waals surface area contributed by atoms with E-state index in [2.05, 4.69) is 103 Å². The van der Waals surface area contributed by atoms with Crippen molar-refractivity contribution in [2.75, 3.05) is 16.4 Å². The van der Waals surface area contributed by atoms with E-state index < -0.39 is 0 Å². The number of rotatable bonds is 14. The lowest BCUT2D eigenvalue weighted by Gasteiger charge is -2.29. The second-order valence-electron chi connectivity index (χ2n) is 14.2. The summed E-state index contributed by atoms with van der Waals surface area (Å²) in [6, 6.07) is 51.8. The Labute approximate surface area is 331 Å². The highest BCUT2D eigenvalue weighted by Gasteiger charge is 2.21. The van der Waals surface area contributed by atoms with Gasteiger partial charge >= 0.3 is 0 Å². The van der Waals surface area contributed by atoms with E-state index in [1.807, 2.05) is 122 Å². The normalized spacial score (nSPS) is 13.4. The Morgan fingerprint density at radius 3 is 1.71 bits per heavy atom. The summed E-state index contributed by atoms with van der Waals surface area (Å²) in [5.74, 6) is 9.02. The second kappa shape index (κ2) is 17.1. The highest BCUT2D eigenvalue weighted by Crippen LogP contribution is 2.35. The van der Waals surface area contributed by atoms with Crippen molar-refractivity contribution in [1.29, 1.82) is 0 Å². The summed E-state index contributed by atoms with van der Waals surface area (Å²) >= 11 is 0. The molecule has 0 N–H and O–H groups in total. The topological polar surface area (TPSA) is 42.0 Å². The van der Waals surface area contributed by atoms with Crippen LogP contribution in [0, 0.1) is 11.8 Å². The number of ketones is 1. The van der Waals surface area contributed by atoms with Crippen LogP contribution in [-0.4, -0.2) is 18.4 Å². The Kier molecular flexibility index (Phi) is 11.5. The van der Waals surface area contributed by atoms with Crippen LogP contribution in [0.2, 0.25) is 0 Å². The Bertz CT molecular complexity index is 2350. The molecule has 1 atom stereocenters. The second-order valence-corrected chi connectivity index (χ2v) is 14.2. The molecule has 0 radical (unpaired) electrons. The molecule has 1 aliphatic rings. The number of hydrogen-bond donors (Lipinski definition) is 0. The van der Waals surface area contributed by atoms with E-state index in [0.29, 0.717) is 29.2 Å². The average Bonchev–Trinajstić information content (AvgIpc) is 3.49. The molecule has 0 saturated carbocycles. The molecule has 1 aliphatic carbocycles. The van der Waals surface area contributed by atoms with Gasteiger partial charge in [0.1, 0.15) is 23.3 Å². The molecule has 6 aromatic rings. The largest absolute Gasteiger partial charge is 0.494 e. The molecule has 0 heterocycles. The lowest BCUT2D eigenvalue weighted by Crippen LogP contribution is -2.28. The number of anilines is 4. The summed E-state index contributed by atoms with van der Waals surface area (Å²) < 4.78 is 12.0. The zero-order valence-corrected chi connectivity index (χ0v) is 32.4. The minimum absolute atomic E-state index is 0.00965. The smallest absolute Gasteiger partial charge is 0.193 e. The SMILES string of the molecule is CCOc1ccc(N(c2ccccc2)C2C#CC=C(N(c3ccccc3)c3ccc(Oc4ccc(C(=O)c5ccc(C(C)(C)CC)cc5)cc4)cc3)C=C2)cc1. The average molecular weight is 735 g/mol. The first kappa shape index (κ1) is 37.5. The van der Waals surface area contributed by atoms with Gasteiger partial charge in [-0.3, -0.25) is 4.79 Å². The number of para-hydroxylation sites is 2. The minimum atomic E-state index is -0.224. The summed E-state index contributed by atoms with van der Waals surface area (Å²) in [5.41, 5.74) is 7.56. The maximum Gasteiger partial charge on any atom is 0.193 e. The molecule has 5 heteroatoms. The van der Waals surface area contributed by atoms with Gasteiger partial charge < -0.3 is 19.3 Å². The van der Waals surface area contributed by atoms with Crippen LogP contribution in [0.25, 0.3) is 0 Å². The van der Waals surface area contributed by atoms with Crippen LogP contribution in [0.5, 0.6) is 17.2 Å². The highest BCUT2D eigenvalue weighted by atomic mass is 16.5. The van der Waals surface area contributed by atoms with Crippen molar-refractivity contribution in [2.45, 2.75) is 45.6 Å². The van der Waals surface area contributed by atoms with Gasteiger partial charge in [0, 0.05) is 40.0 Å². The Hall–Kier alpha value is -6.77. The van der Waals surface area contributed by atoms with Crippen molar-refractivity contribution in [3.05, 3.63) is 198 Å². The highest BCUT2D eigenvalue weighted by molar-refractivity contribution is 6.09. The number of hydrogen-bond acceptors (Lipinski definition) is 5. The minimum Gasteiger partial charge on any atom is -0.494 e. The zero-order valence-electron chi connectivity index (χ0n) is 32.4. The summed E-state index contributed by atoms with van der Waals surface area (Å²) in [4.78, 5) is 17.7. The van der Waals surface area contributed by atoms with Crippen molar-refractivity contribution in [3.8, 4) is 29.1 Å². The van der Waals surface area contributed by atoms with Crippen molar-refractivity contribution < 1.29 is 14.3 Å². The number of benzene rings is 6. The molecule has 278 valence electrons. The fraction of sp³-hybridized carbons (Fsp3) is 0.157.